The average Bonchev–Trinajstić information content (AvgIpc) is 2.54. The highest BCUT2D eigenvalue weighted by molar-refractivity contribution is 5.89. The van der Waals surface area contributed by atoms with Gasteiger partial charge < -0.3 is 19.4 Å². The summed E-state index contributed by atoms with van der Waals surface area (Å²) in [6.07, 6.45) is 0. The van der Waals surface area contributed by atoms with E-state index in [-0.39, 0.29) is 22.5 Å². The average molecular weight is 298 g/mol. The fourth-order valence-corrected chi connectivity index (χ4v) is 2.40. The molecule has 0 amide bonds. The van der Waals surface area contributed by atoms with Crippen molar-refractivity contribution in [2.24, 2.45) is 0 Å². The Balaban J connectivity index is 2.42. The number of phenols is 1. The molecule has 0 saturated heterocycles. The lowest BCUT2D eigenvalue weighted by atomic mass is 10.1. The molecule has 0 saturated carbocycles. The van der Waals surface area contributed by atoms with Crippen molar-refractivity contribution in [1.29, 1.82) is 0 Å². The molecule has 1 aromatic heterocycles. The zero-order valence-corrected chi connectivity index (χ0v) is 12.1. The molecule has 5 nitrogen and oxygen atoms in total. The van der Waals surface area contributed by atoms with E-state index in [9.17, 15) is 15.0 Å². The highest BCUT2D eigenvalue weighted by Gasteiger charge is 2.20. The van der Waals surface area contributed by atoms with Gasteiger partial charge in [0.05, 0.1) is 7.11 Å². The maximum atomic E-state index is 12.4. The minimum atomic E-state index is -0.677. The Morgan fingerprint density at radius 3 is 2.41 bits per heavy atom. The Morgan fingerprint density at radius 2 is 1.77 bits per heavy atom. The summed E-state index contributed by atoms with van der Waals surface area (Å²) in [6, 6.07) is 10.3. The lowest BCUT2D eigenvalue weighted by molar-refractivity contribution is 0.402. The molecule has 2 aromatic carbocycles. The first-order valence-corrected chi connectivity index (χ1v) is 6.66. The zero-order valence-electron chi connectivity index (χ0n) is 12.1. The molecule has 0 fully saturated rings. The van der Waals surface area contributed by atoms with Crippen LogP contribution in [0.25, 0.3) is 22.3 Å². The fourth-order valence-electron chi connectivity index (χ4n) is 2.40. The highest BCUT2D eigenvalue weighted by atomic mass is 16.5. The number of aromatic hydroxyl groups is 2. The van der Waals surface area contributed by atoms with E-state index in [1.165, 1.54) is 13.2 Å². The smallest absolute Gasteiger partial charge is 0.238 e. The van der Waals surface area contributed by atoms with E-state index in [2.05, 4.69) is 0 Å². The van der Waals surface area contributed by atoms with E-state index in [4.69, 9.17) is 9.15 Å². The zero-order chi connectivity index (χ0) is 15.9. The minimum Gasteiger partial charge on any atom is -0.507 e. The van der Waals surface area contributed by atoms with Crippen LogP contribution < -0.4 is 10.2 Å². The van der Waals surface area contributed by atoms with Crippen molar-refractivity contribution in [2.45, 2.75) is 6.92 Å². The van der Waals surface area contributed by atoms with Gasteiger partial charge >= 0.3 is 0 Å². The second-order valence-electron chi connectivity index (χ2n) is 4.90. The largest absolute Gasteiger partial charge is 0.507 e. The second kappa shape index (κ2) is 5.11. The Hall–Kier alpha value is -2.95. The summed E-state index contributed by atoms with van der Waals surface area (Å²) in [5, 5.41) is 20.3. The van der Waals surface area contributed by atoms with Crippen LogP contribution in [0.2, 0.25) is 0 Å². The molecular weight excluding hydrogens is 284 g/mol. The molecule has 0 radical (unpaired) electrons. The Bertz CT molecular complexity index is 910. The van der Waals surface area contributed by atoms with Gasteiger partial charge in [-0.1, -0.05) is 30.3 Å². The highest BCUT2D eigenvalue weighted by Crippen LogP contribution is 2.37. The van der Waals surface area contributed by atoms with Gasteiger partial charge in [0.25, 0.3) is 0 Å². The molecule has 0 aliphatic carbocycles. The molecule has 0 bridgehead atoms. The molecule has 0 aliphatic rings. The molecule has 3 aromatic rings. The van der Waals surface area contributed by atoms with Crippen LogP contribution in [0.3, 0.4) is 0 Å². The maximum Gasteiger partial charge on any atom is 0.238 e. The number of benzene rings is 2. The van der Waals surface area contributed by atoms with E-state index in [1.54, 1.807) is 31.2 Å². The Morgan fingerprint density at radius 1 is 1.09 bits per heavy atom. The number of phenolic OH excluding ortho intramolecular Hbond substituents is 1. The first-order valence-electron chi connectivity index (χ1n) is 6.66. The molecule has 112 valence electrons. The predicted octanol–water partition coefficient (Wildman–Crippen LogP) is 3.19. The third kappa shape index (κ3) is 1.98. The standard InChI is InChI=1S/C17H14O5/c1-9-11(21-2)8-12-13(14(9)18)15(19)16(20)17(22-12)10-6-4-3-5-7-10/h3-8,18,20H,1-2H3. The van der Waals surface area contributed by atoms with Gasteiger partial charge in [0, 0.05) is 17.2 Å². The number of fused-ring (bicyclic) bond motifs is 1. The summed E-state index contributed by atoms with van der Waals surface area (Å²) >= 11 is 0. The van der Waals surface area contributed by atoms with Crippen molar-refractivity contribution in [2.75, 3.05) is 7.11 Å². The van der Waals surface area contributed by atoms with E-state index in [0.29, 0.717) is 16.9 Å². The van der Waals surface area contributed by atoms with Crippen LogP contribution in [0.15, 0.2) is 45.6 Å². The maximum absolute atomic E-state index is 12.4. The van der Waals surface area contributed by atoms with E-state index >= 15 is 0 Å². The van der Waals surface area contributed by atoms with Crippen LogP contribution in [0.1, 0.15) is 5.56 Å². The second-order valence-corrected chi connectivity index (χ2v) is 4.90. The van der Waals surface area contributed by atoms with Crippen LogP contribution in [0.5, 0.6) is 17.2 Å². The molecule has 3 rings (SSSR count). The molecule has 0 spiro atoms. The monoisotopic (exact) mass is 298 g/mol. The van der Waals surface area contributed by atoms with Crippen molar-refractivity contribution in [1.82, 2.24) is 0 Å². The molecule has 0 unspecified atom stereocenters. The van der Waals surface area contributed by atoms with Gasteiger partial charge in [0.1, 0.15) is 22.5 Å². The van der Waals surface area contributed by atoms with Crippen LogP contribution in [-0.4, -0.2) is 17.3 Å². The summed E-state index contributed by atoms with van der Waals surface area (Å²) in [5.74, 6) is -0.321. The summed E-state index contributed by atoms with van der Waals surface area (Å²) in [6.45, 7) is 1.62. The normalized spacial score (nSPS) is 10.8. The van der Waals surface area contributed by atoms with Gasteiger partial charge in [-0.2, -0.15) is 0 Å². The summed E-state index contributed by atoms with van der Waals surface area (Å²) in [7, 11) is 1.46. The summed E-state index contributed by atoms with van der Waals surface area (Å²) < 4.78 is 10.8. The number of hydrogen-bond acceptors (Lipinski definition) is 5. The summed E-state index contributed by atoms with van der Waals surface area (Å²) in [5.41, 5.74) is 0.456. The lowest BCUT2D eigenvalue weighted by Crippen LogP contribution is -2.04. The van der Waals surface area contributed by atoms with Crippen molar-refractivity contribution >= 4 is 11.0 Å². The molecular formula is C17H14O5. The van der Waals surface area contributed by atoms with Gasteiger partial charge in [0.2, 0.25) is 11.2 Å². The van der Waals surface area contributed by atoms with Gasteiger partial charge in [-0.3, -0.25) is 4.79 Å². The van der Waals surface area contributed by atoms with E-state index in [1.807, 2.05) is 6.07 Å². The third-order valence-corrected chi connectivity index (χ3v) is 3.60. The van der Waals surface area contributed by atoms with Gasteiger partial charge in [-0.05, 0) is 6.92 Å². The minimum absolute atomic E-state index is 0.0587. The van der Waals surface area contributed by atoms with Gasteiger partial charge in [-0.25, -0.2) is 0 Å². The predicted molar refractivity (Wildman–Crippen MR) is 82.5 cm³/mol. The number of ether oxygens (including phenoxy) is 1. The summed E-state index contributed by atoms with van der Waals surface area (Å²) in [4.78, 5) is 12.4. The van der Waals surface area contributed by atoms with Crippen molar-refractivity contribution in [3.05, 3.63) is 52.2 Å². The van der Waals surface area contributed by atoms with Crippen molar-refractivity contribution < 1.29 is 19.4 Å². The molecule has 1 heterocycles. The lowest BCUT2D eigenvalue weighted by Gasteiger charge is -2.11. The van der Waals surface area contributed by atoms with Crippen LogP contribution in [-0.2, 0) is 0 Å². The third-order valence-electron chi connectivity index (χ3n) is 3.60. The Kier molecular flexibility index (Phi) is 3.25. The molecule has 0 atom stereocenters. The quantitative estimate of drug-likeness (QED) is 0.759. The van der Waals surface area contributed by atoms with E-state index in [0.717, 1.165) is 0 Å². The van der Waals surface area contributed by atoms with Crippen LogP contribution >= 0.6 is 0 Å². The number of methoxy groups -OCH3 is 1. The Labute approximate surface area is 126 Å². The van der Waals surface area contributed by atoms with Gasteiger partial charge in [0.15, 0.2) is 5.76 Å². The van der Waals surface area contributed by atoms with Crippen molar-refractivity contribution in [3.63, 3.8) is 0 Å². The van der Waals surface area contributed by atoms with E-state index < -0.39 is 11.2 Å². The molecule has 0 aliphatic heterocycles. The van der Waals surface area contributed by atoms with Crippen LogP contribution in [0, 0.1) is 6.92 Å². The first-order chi connectivity index (χ1) is 10.5. The van der Waals surface area contributed by atoms with Gasteiger partial charge in [-0.15, -0.1) is 0 Å². The topological polar surface area (TPSA) is 79.9 Å². The first kappa shape index (κ1) is 14.0. The molecule has 22 heavy (non-hydrogen) atoms. The van der Waals surface area contributed by atoms with Crippen molar-refractivity contribution in [3.8, 4) is 28.6 Å². The SMILES string of the molecule is COc1cc2oc(-c3ccccc3)c(O)c(=O)c2c(O)c1C. The number of hydrogen-bond donors (Lipinski definition) is 2. The molecule has 2 N–H and O–H groups in total. The fraction of sp³-hybridized carbons (Fsp3) is 0.118. The number of rotatable bonds is 2. The molecule has 5 heteroatoms. The van der Waals surface area contributed by atoms with Crippen LogP contribution in [0.4, 0.5) is 0 Å².